The van der Waals surface area contributed by atoms with Crippen molar-refractivity contribution in [3.63, 3.8) is 0 Å². The summed E-state index contributed by atoms with van der Waals surface area (Å²) in [6, 6.07) is 1.02. The van der Waals surface area contributed by atoms with E-state index >= 15 is 0 Å². The highest BCUT2D eigenvalue weighted by Crippen LogP contribution is 2.44. The fraction of sp³-hybridized carbons (Fsp3) is 0.364. The lowest BCUT2D eigenvalue weighted by molar-refractivity contribution is 0.0841. The molecule has 0 aliphatic heterocycles. The van der Waals surface area contributed by atoms with Gasteiger partial charge in [0, 0.05) is 13.2 Å². The lowest BCUT2D eigenvalue weighted by Gasteiger charge is -2.14. The third kappa shape index (κ3) is 2.42. The Hall–Kier alpha value is -1.95. The standard InChI is InChI=1S/C11H14O6/c1-15-5-8(14)9-6(12)4-7(13)10(16-2)11(9)17-3/h4,12-13H,5H2,1-3H3. The fourth-order valence-electron chi connectivity index (χ4n) is 1.48. The number of benzene rings is 1. The van der Waals surface area contributed by atoms with Crippen molar-refractivity contribution in [3.8, 4) is 23.0 Å². The van der Waals surface area contributed by atoms with E-state index in [1.54, 1.807) is 0 Å². The van der Waals surface area contributed by atoms with Crippen LogP contribution in [0.15, 0.2) is 6.07 Å². The number of methoxy groups -OCH3 is 3. The van der Waals surface area contributed by atoms with Crippen LogP contribution < -0.4 is 9.47 Å². The Morgan fingerprint density at radius 2 is 1.71 bits per heavy atom. The number of carbonyl (C=O) groups excluding carboxylic acids is 1. The molecular formula is C11H14O6. The van der Waals surface area contributed by atoms with Gasteiger partial charge in [-0.1, -0.05) is 0 Å². The van der Waals surface area contributed by atoms with Crippen molar-refractivity contribution < 1.29 is 29.2 Å². The molecule has 94 valence electrons. The van der Waals surface area contributed by atoms with Crippen LogP contribution in [0.3, 0.4) is 0 Å². The minimum absolute atomic E-state index is 0.00949. The van der Waals surface area contributed by atoms with E-state index in [2.05, 4.69) is 0 Å². The van der Waals surface area contributed by atoms with Crippen molar-refractivity contribution in [1.82, 2.24) is 0 Å². The van der Waals surface area contributed by atoms with E-state index in [1.807, 2.05) is 0 Å². The van der Waals surface area contributed by atoms with Crippen LogP contribution in [-0.4, -0.2) is 43.9 Å². The van der Waals surface area contributed by atoms with Crippen molar-refractivity contribution in [2.24, 2.45) is 0 Å². The lowest BCUT2D eigenvalue weighted by Crippen LogP contribution is -2.10. The quantitative estimate of drug-likeness (QED) is 0.747. The van der Waals surface area contributed by atoms with Crippen LogP contribution in [0.2, 0.25) is 0 Å². The van der Waals surface area contributed by atoms with E-state index in [4.69, 9.17) is 14.2 Å². The van der Waals surface area contributed by atoms with Crippen molar-refractivity contribution in [2.75, 3.05) is 27.9 Å². The van der Waals surface area contributed by atoms with Crippen molar-refractivity contribution >= 4 is 5.78 Å². The van der Waals surface area contributed by atoms with Gasteiger partial charge in [-0.15, -0.1) is 0 Å². The largest absolute Gasteiger partial charge is 0.507 e. The van der Waals surface area contributed by atoms with Gasteiger partial charge in [0.25, 0.3) is 0 Å². The number of phenols is 2. The molecule has 6 nitrogen and oxygen atoms in total. The SMILES string of the molecule is COCC(=O)c1c(O)cc(O)c(OC)c1OC. The van der Waals surface area contributed by atoms with Gasteiger partial charge in [-0.25, -0.2) is 0 Å². The van der Waals surface area contributed by atoms with Gasteiger partial charge in [0.1, 0.15) is 17.9 Å². The van der Waals surface area contributed by atoms with Gasteiger partial charge in [-0.3, -0.25) is 4.79 Å². The van der Waals surface area contributed by atoms with E-state index in [0.29, 0.717) is 0 Å². The van der Waals surface area contributed by atoms with Crippen LogP contribution in [0.25, 0.3) is 0 Å². The molecule has 0 unspecified atom stereocenters. The van der Waals surface area contributed by atoms with Gasteiger partial charge in [-0.2, -0.15) is 0 Å². The topological polar surface area (TPSA) is 85.2 Å². The first-order valence-corrected chi connectivity index (χ1v) is 4.75. The third-order valence-electron chi connectivity index (χ3n) is 2.16. The molecule has 0 heterocycles. The van der Waals surface area contributed by atoms with Crippen molar-refractivity contribution in [2.45, 2.75) is 0 Å². The van der Waals surface area contributed by atoms with Crippen molar-refractivity contribution in [3.05, 3.63) is 11.6 Å². The predicted molar refractivity (Wildman–Crippen MR) is 59.1 cm³/mol. The smallest absolute Gasteiger partial charge is 0.204 e. The van der Waals surface area contributed by atoms with Crippen LogP contribution >= 0.6 is 0 Å². The first-order valence-electron chi connectivity index (χ1n) is 4.75. The Morgan fingerprint density at radius 1 is 1.12 bits per heavy atom. The molecule has 2 N–H and O–H groups in total. The summed E-state index contributed by atoms with van der Waals surface area (Å²) in [6.07, 6.45) is 0. The summed E-state index contributed by atoms with van der Waals surface area (Å²) in [5.74, 6) is -1.20. The van der Waals surface area contributed by atoms with Gasteiger partial charge >= 0.3 is 0 Å². The molecule has 0 aliphatic rings. The molecule has 17 heavy (non-hydrogen) atoms. The lowest BCUT2D eigenvalue weighted by atomic mass is 10.1. The highest BCUT2D eigenvalue weighted by Gasteiger charge is 2.24. The summed E-state index contributed by atoms with van der Waals surface area (Å²) in [6.45, 7) is -0.210. The van der Waals surface area contributed by atoms with E-state index in [9.17, 15) is 15.0 Å². The molecule has 1 aromatic rings. The first-order chi connectivity index (χ1) is 8.06. The van der Waals surface area contributed by atoms with Crippen LogP contribution in [0.1, 0.15) is 10.4 Å². The fourth-order valence-corrected chi connectivity index (χ4v) is 1.48. The maximum Gasteiger partial charge on any atom is 0.204 e. The van der Waals surface area contributed by atoms with Crippen LogP contribution in [0.5, 0.6) is 23.0 Å². The van der Waals surface area contributed by atoms with E-state index in [1.165, 1.54) is 21.3 Å². The zero-order valence-corrected chi connectivity index (χ0v) is 9.81. The number of ketones is 1. The molecule has 0 atom stereocenters. The summed E-state index contributed by atoms with van der Waals surface area (Å²) < 4.78 is 14.6. The predicted octanol–water partition coefficient (Wildman–Crippen LogP) is 0.944. The van der Waals surface area contributed by atoms with Gasteiger partial charge in [-0.05, 0) is 0 Å². The zero-order valence-electron chi connectivity index (χ0n) is 9.81. The summed E-state index contributed by atoms with van der Waals surface area (Å²) in [4.78, 5) is 11.7. The monoisotopic (exact) mass is 242 g/mol. The molecule has 0 radical (unpaired) electrons. The molecule has 0 spiro atoms. The van der Waals surface area contributed by atoms with Crippen molar-refractivity contribution in [1.29, 1.82) is 0 Å². The number of rotatable bonds is 5. The van der Waals surface area contributed by atoms with Gasteiger partial charge in [0.05, 0.1) is 14.2 Å². The summed E-state index contributed by atoms with van der Waals surface area (Å²) in [5.41, 5.74) is -0.0796. The Morgan fingerprint density at radius 3 is 2.18 bits per heavy atom. The van der Waals surface area contributed by atoms with Crippen LogP contribution in [0.4, 0.5) is 0 Å². The molecule has 0 amide bonds. The zero-order chi connectivity index (χ0) is 13.0. The number of Topliss-reactive ketones (excluding diaryl/α,β-unsaturated/α-hetero) is 1. The molecule has 1 rings (SSSR count). The minimum atomic E-state index is -0.472. The normalized spacial score (nSPS) is 10.1. The molecule has 1 aromatic carbocycles. The number of hydrogen-bond acceptors (Lipinski definition) is 6. The van der Waals surface area contributed by atoms with Crippen LogP contribution in [0, 0.1) is 0 Å². The van der Waals surface area contributed by atoms with Crippen LogP contribution in [-0.2, 0) is 4.74 Å². The highest BCUT2D eigenvalue weighted by atomic mass is 16.5. The number of carbonyl (C=O) groups is 1. The van der Waals surface area contributed by atoms with Gasteiger partial charge < -0.3 is 24.4 Å². The molecule has 0 aliphatic carbocycles. The Labute approximate surface area is 98.3 Å². The second-order valence-corrected chi connectivity index (χ2v) is 3.21. The summed E-state index contributed by atoms with van der Waals surface area (Å²) >= 11 is 0. The molecule has 0 fully saturated rings. The number of hydrogen-bond donors (Lipinski definition) is 2. The Balaban J connectivity index is 3.41. The van der Waals surface area contributed by atoms with Gasteiger partial charge in [0.2, 0.25) is 5.75 Å². The minimum Gasteiger partial charge on any atom is -0.507 e. The van der Waals surface area contributed by atoms with Gasteiger partial charge in [0.15, 0.2) is 17.3 Å². The van der Waals surface area contributed by atoms with E-state index < -0.39 is 5.78 Å². The second-order valence-electron chi connectivity index (χ2n) is 3.21. The summed E-state index contributed by atoms with van der Waals surface area (Å²) in [7, 11) is 3.98. The maximum absolute atomic E-state index is 11.7. The summed E-state index contributed by atoms with van der Waals surface area (Å²) in [5, 5.41) is 19.2. The molecule has 0 aromatic heterocycles. The first kappa shape index (κ1) is 13.1. The highest BCUT2D eigenvalue weighted by molar-refractivity contribution is 6.03. The molecular weight excluding hydrogens is 228 g/mol. The number of aromatic hydroxyl groups is 2. The number of ether oxygens (including phenoxy) is 3. The molecule has 0 bridgehead atoms. The Bertz CT molecular complexity index is 426. The molecule has 0 saturated heterocycles. The van der Waals surface area contributed by atoms with E-state index in [0.717, 1.165) is 6.07 Å². The Kier molecular flexibility index (Phi) is 4.17. The third-order valence-corrected chi connectivity index (χ3v) is 2.16. The average molecular weight is 242 g/mol. The average Bonchev–Trinajstić information content (AvgIpc) is 2.28. The van der Waals surface area contributed by atoms with E-state index in [-0.39, 0.29) is 35.2 Å². The molecule has 0 saturated carbocycles. The maximum atomic E-state index is 11.7. The number of phenolic OH excluding ortho intramolecular Hbond substituents is 2. The second kappa shape index (κ2) is 5.40. The molecule has 6 heteroatoms.